The van der Waals surface area contributed by atoms with Gasteiger partial charge in [0.25, 0.3) is 0 Å². The zero-order chi connectivity index (χ0) is 13.2. The number of rotatable bonds is 4. The van der Waals surface area contributed by atoms with Crippen LogP contribution in [0, 0.1) is 20.2 Å². The van der Waals surface area contributed by atoms with Crippen molar-refractivity contribution < 1.29 is 23.8 Å². The molecule has 1 aromatic carbocycles. The Morgan fingerprint density at radius 2 is 1.88 bits per heavy atom. The van der Waals surface area contributed by atoms with Gasteiger partial charge in [0.15, 0.2) is 0 Å². The molecular formula is C6H4ClN2O7P. The van der Waals surface area contributed by atoms with Crippen molar-refractivity contribution in [3.8, 4) is 5.75 Å². The first kappa shape index (κ1) is 13.4. The Hall–Kier alpha value is -1.70. The van der Waals surface area contributed by atoms with E-state index in [1.807, 2.05) is 0 Å². The fraction of sp³-hybridized carbons (Fsp3) is 0. The van der Waals surface area contributed by atoms with Crippen molar-refractivity contribution in [2.75, 3.05) is 0 Å². The first-order valence-corrected chi connectivity index (χ1v) is 6.34. The van der Waals surface area contributed by atoms with Gasteiger partial charge in [0.2, 0.25) is 5.75 Å². The van der Waals surface area contributed by atoms with Gasteiger partial charge < -0.3 is 9.42 Å². The second kappa shape index (κ2) is 4.66. The zero-order valence-electron chi connectivity index (χ0n) is 7.85. The summed E-state index contributed by atoms with van der Waals surface area (Å²) in [6.07, 6.45) is 0. The van der Waals surface area contributed by atoms with Crippen molar-refractivity contribution in [2.24, 2.45) is 0 Å². The van der Waals surface area contributed by atoms with Crippen LogP contribution in [0.2, 0.25) is 0 Å². The van der Waals surface area contributed by atoms with Gasteiger partial charge in [0.1, 0.15) is 0 Å². The van der Waals surface area contributed by atoms with Crippen LogP contribution in [0.1, 0.15) is 0 Å². The molecule has 9 nitrogen and oxygen atoms in total. The first-order valence-electron chi connectivity index (χ1n) is 3.86. The van der Waals surface area contributed by atoms with E-state index in [9.17, 15) is 24.8 Å². The van der Waals surface area contributed by atoms with Crippen molar-refractivity contribution in [2.45, 2.75) is 0 Å². The third-order valence-corrected chi connectivity index (χ3v) is 2.20. The van der Waals surface area contributed by atoms with E-state index in [-0.39, 0.29) is 0 Å². The normalized spacial score (nSPS) is 13.8. The summed E-state index contributed by atoms with van der Waals surface area (Å²) in [7, 11) is 0. The van der Waals surface area contributed by atoms with Gasteiger partial charge in [-0.25, -0.2) is 4.57 Å². The highest BCUT2D eigenvalue weighted by molar-refractivity contribution is 7.80. The van der Waals surface area contributed by atoms with Crippen LogP contribution in [0.15, 0.2) is 18.2 Å². The molecule has 0 radical (unpaired) electrons. The van der Waals surface area contributed by atoms with Crippen LogP contribution in [0.5, 0.6) is 5.75 Å². The molecule has 0 aliphatic heterocycles. The molecule has 0 fully saturated rings. The highest BCUT2D eigenvalue weighted by atomic mass is 35.7. The van der Waals surface area contributed by atoms with Crippen molar-refractivity contribution in [3.63, 3.8) is 0 Å². The summed E-state index contributed by atoms with van der Waals surface area (Å²) >= 11 is 4.87. The van der Waals surface area contributed by atoms with Gasteiger partial charge in [-0.1, -0.05) is 6.07 Å². The van der Waals surface area contributed by atoms with Gasteiger partial charge in [0.05, 0.1) is 9.85 Å². The Bertz CT molecular complexity index is 527. The number of benzene rings is 1. The number of hydrogen-bond donors (Lipinski definition) is 1. The second-order valence-electron chi connectivity index (χ2n) is 2.68. The van der Waals surface area contributed by atoms with Crippen molar-refractivity contribution in [1.29, 1.82) is 0 Å². The zero-order valence-corrected chi connectivity index (χ0v) is 9.50. The molecule has 1 aromatic rings. The smallest absolute Gasteiger partial charge is 0.406 e. The van der Waals surface area contributed by atoms with E-state index in [0.717, 1.165) is 18.2 Å². The minimum Gasteiger partial charge on any atom is -0.406 e. The molecule has 0 saturated carbocycles. The van der Waals surface area contributed by atoms with E-state index in [1.165, 1.54) is 0 Å². The highest BCUT2D eigenvalue weighted by Gasteiger charge is 2.32. The number of halogens is 1. The monoisotopic (exact) mass is 282 g/mol. The maximum atomic E-state index is 10.7. The minimum atomic E-state index is -4.56. The molecule has 0 aromatic heterocycles. The lowest BCUT2D eigenvalue weighted by molar-refractivity contribution is -0.422. The summed E-state index contributed by atoms with van der Waals surface area (Å²) in [5.74, 6) is -0.745. The minimum absolute atomic E-state index is 0.745. The largest absolute Gasteiger partial charge is 0.474 e. The number of hydrogen-bond acceptors (Lipinski definition) is 6. The third kappa shape index (κ3) is 3.38. The number of para-hydroxylation sites is 1. The third-order valence-electron chi connectivity index (χ3n) is 1.57. The average molecular weight is 283 g/mol. The van der Waals surface area contributed by atoms with Gasteiger partial charge in [-0.15, -0.1) is 0 Å². The van der Waals surface area contributed by atoms with Crippen LogP contribution in [0.4, 0.5) is 11.4 Å². The van der Waals surface area contributed by atoms with Crippen LogP contribution < -0.4 is 4.52 Å². The van der Waals surface area contributed by atoms with Gasteiger partial charge in [0, 0.05) is 17.3 Å². The summed E-state index contributed by atoms with van der Waals surface area (Å²) in [5, 5.41) is 21.2. The molecule has 11 heteroatoms. The molecule has 0 aliphatic carbocycles. The Morgan fingerprint density at radius 1 is 1.29 bits per heavy atom. The van der Waals surface area contributed by atoms with Crippen LogP contribution >= 0.6 is 18.2 Å². The van der Waals surface area contributed by atoms with Crippen molar-refractivity contribution >= 4 is 29.6 Å². The van der Waals surface area contributed by atoms with E-state index in [0.29, 0.717) is 0 Å². The van der Waals surface area contributed by atoms with Crippen molar-refractivity contribution in [3.05, 3.63) is 38.4 Å². The fourth-order valence-corrected chi connectivity index (χ4v) is 1.65. The van der Waals surface area contributed by atoms with Gasteiger partial charge >= 0.3 is 18.3 Å². The Morgan fingerprint density at radius 3 is 2.29 bits per heavy atom. The maximum Gasteiger partial charge on any atom is 0.474 e. The van der Waals surface area contributed by atoms with Crippen LogP contribution in [-0.4, -0.2) is 14.7 Å². The lowest BCUT2D eigenvalue weighted by Gasteiger charge is -2.06. The van der Waals surface area contributed by atoms with Gasteiger partial charge in [-0.2, -0.15) is 0 Å². The van der Waals surface area contributed by atoms with Gasteiger partial charge in [-0.3, -0.25) is 20.2 Å². The summed E-state index contributed by atoms with van der Waals surface area (Å²) in [6, 6.07) is 2.85. The SMILES string of the molecule is O=[N+]([O-])c1cccc(OP(=O)(O)Cl)c1[N+](=O)[O-]. The summed E-state index contributed by atoms with van der Waals surface area (Å²) in [5.41, 5.74) is -1.90. The average Bonchev–Trinajstić information content (AvgIpc) is 2.14. The van der Waals surface area contributed by atoms with E-state index in [2.05, 4.69) is 4.52 Å². The number of nitro benzene ring substituents is 2. The predicted molar refractivity (Wildman–Crippen MR) is 56.1 cm³/mol. The molecule has 0 saturated heterocycles. The lowest BCUT2D eigenvalue weighted by atomic mass is 10.2. The molecule has 1 unspecified atom stereocenters. The summed E-state index contributed by atoms with van der Waals surface area (Å²) < 4.78 is 15.0. The topological polar surface area (TPSA) is 133 Å². The quantitative estimate of drug-likeness (QED) is 0.508. The molecule has 17 heavy (non-hydrogen) atoms. The van der Waals surface area contributed by atoms with Crippen LogP contribution in [0.25, 0.3) is 0 Å². The molecule has 0 amide bonds. The number of nitro groups is 2. The molecule has 1 atom stereocenters. The Kier molecular flexibility index (Phi) is 3.66. The molecule has 0 bridgehead atoms. The van der Waals surface area contributed by atoms with Crippen LogP contribution in [0.3, 0.4) is 0 Å². The van der Waals surface area contributed by atoms with Gasteiger partial charge in [-0.05, 0) is 6.07 Å². The van der Waals surface area contributed by atoms with E-state index in [1.54, 1.807) is 0 Å². The molecule has 0 aliphatic rings. The maximum absolute atomic E-state index is 10.7. The second-order valence-corrected chi connectivity index (χ2v) is 5.05. The van der Waals surface area contributed by atoms with E-state index < -0.39 is 33.9 Å². The molecule has 1 rings (SSSR count). The molecular weight excluding hydrogens is 278 g/mol. The predicted octanol–water partition coefficient (Wildman–Crippen LogP) is 2.22. The fourth-order valence-electron chi connectivity index (χ4n) is 1.04. The lowest BCUT2D eigenvalue weighted by Crippen LogP contribution is -1.99. The number of nitrogens with zero attached hydrogens (tertiary/aromatic N) is 2. The molecule has 0 heterocycles. The highest BCUT2D eigenvalue weighted by Crippen LogP contribution is 2.51. The van der Waals surface area contributed by atoms with Crippen LogP contribution in [-0.2, 0) is 4.57 Å². The Balaban J connectivity index is 3.40. The molecule has 1 N–H and O–H groups in total. The first-order chi connectivity index (χ1) is 7.72. The molecule has 92 valence electrons. The molecule has 0 spiro atoms. The summed E-state index contributed by atoms with van der Waals surface area (Å²) in [6.45, 7) is -4.56. The van der Waals surface area contributed by atoms with E-state index >= 15 is 0 Å². The van der Waals surface area contributed by atoms with E-state index in [4.69, 9.17) is 16.1 Å². The van der Waals surface area contributed by atoms with Crippen molar-refractivity contribution in [1.82, 2.24) is 0 Å². The summed E-state index contributed by atoms with van der Waals surface area (Å²) in [4.78, 5) is 27.8. The Labute approximate surface area is 98.2 Å². The standard InChI is InChI=1S/C6H4ClN2O7P/c7-17(14,15)16-5-3-1-2-4(8(10)11)6(5)9(12)13/h1-3H,(H,14,15).